The summed E-state index contributed by atoms with van der Waals surface area (Å²) in [5.74, 6) is 0.985. The summed E-state index contributed by atoms with van der Waals surface area (Å²) >= 11 is 0. The Morgan fingerprint density at radius 1 is 1.16 bits per heavy atom. The predicted octanol–water partition coefficient (Wildman–Crippen LogP) is 2.86. The first-order valence-corrected chi connectivity index (χ1v) is 6.70. The molecule has 2 rings (SSSR count). The molecule has 0 saturated heterocycles. The van der Waals surface area contributed by atoms with E-state index in [9.17, 15) is 0 Å². The second-order valence-electron chi connectivity index (χ2n) is 5.01. The van der Waals surface area contributed by atoms with E-state index in [2.05, 4.69) is 36.9 Å². The van der Waals surface area contributed by atoms with E-state index in [1.807, 2.05) is 12.1 Å². The Morgan fingerprint density at radius 3 is 2.68 bits per heavy atom. The van der Waals surface area contributed by atoms with Gasteiger partial charge in [0.15, 0.2) is 0 Å². The van der Waals surface area contributed by atoms with Crippen LogP contribution in [0.15, 0.2) is 41.0 Å². The number of hydrogen-bond acceptors (Lipinski definition) is 3. The molecular formula is C16H22N2O. The van der Waals surface area contributed by atoms with Gasteiger partial charge in [-0.25, -0.2) is 0 Å². The molecule has 3 nitrogen and oxygen atoms in total. The standard InChI is InChI=1S/C16H22N2O/c1-13-5-6-14(2)15(10-13)11-18(8-7-17)12-16-4-3-9-19-16/h3-6,9-10H,7-8,11-12,17H2,1-2H3. The molecule has 0 saturated carbocycles. The SMILES string of the molecule is Cc1ccc(C)c(CN(CCN)Cc2ccco2)c1. The number of rotatable bonds is 6. The summed E-state index contributed by atoms with van der Waals surface area (Å²) in [6, 6.07) is 10.5. The molecule has 0 radical (unpaired) electrons. The van der Waals surface area contributed by atoms with Crippen molar-refractivity contribution >= 4 is 0 Å². The monoisotopic (exact) mass is 258 g/mol. The van der Waals surface area contributed by atoms with Crippen molar-refractivity contribution in [1.29, 1.82) is 0 Å². The molecule has 0 fully saturated rings. The second kappa shape index (κ2) is 6.55. The molecular weight excluding hydrogens is 236 g/mol. The van der Waals surface area contributed by atoms with Gasteiger partial charge in [0.25, 0.3) is 0 Å². The minimum atomic E-state index is 0.658. The minimum Gasteiger partial charge on any atom is -0.468 e. The van der Waals surface area contributed by atoms with Crippen molar-refractivity contribution in [3.05, 3.63) is 59.0 Å². The van der Waals surface area contributed by atoms with Crippen molar-refractivity contribution < 1.29 is 4.42 Å². The Bertz CT molecular complexity index is 505. The maximum atomic E-state index is 5.71. The van der Waals surface area contributed by atoms with Gasteiger partial charge in [-0.1, -0.05) is 23.8 Å². The predicted molar refractivity (Wildman–Crippen MR) is 77.8 cm³/mol. The topological polar surface area (TPSA) is 42.4 Å². The van der Waals surface area contributed by atoms with Gasteiger partial charge in [0.1, 0.15) is 5.76 Å². The fourth-order valence-electron chi connectivity index (χ4n) is 2.23. The third-order valence-corrected chi connectivity index (χ3v) is 3.30. The smallest absolute Gasteiger partial charge is 0.117 e. The lowest BCUT2D eigenvalue weighted by Crippen LogP contribution is -2.28. The Kier molecular flexibility index (Phi) is 4.77. The quantitative estimate of drug-likeness (QED) is 0.866. The van der Waals surface area contributed by atoms with Crippen LogP contribution < -0.4 is 5.73 Å². The van der Waals surface area contributed by atoms with E-state index in [1.165, 1.54) is 16.7 Å². The molecule has 0 bridgehead atoms. The van der Waals surface area contributed by atoms with Crippen LogP contribution in [0.5, 0.6) is 0 Å². The molecule has 1 heterocycles. The highest BCUT2D eigenvalue weighted by Gasteiger charge is 2.09. The van der Waals surface area contributed by atoms with E-state index in [0.29, 0.717) is 6.54 Å². The van der Waals surface area contributed by atoms with Crippen LogP contribution in [0.4, 0.5) is 0 Å². The largest absolute Gasteiger partial charge is 0.468 e. The van der Waals surface area contributed by atoms with Gasteiger partial charge in [-0.3, -0.25) is 4.90 Å². The van der Waals surface area contributed by atoms with E-state index >= 15 is 0 Å². The van der Waals surface area contributed by atoms with Crippen LogP contribution in [0.3, 0.4) is 0 Å². The summed E-state index contributed by atoms with van der Waals surface area (Å²) in [5.41, 5.74) is 9.69. The van der Waals surface area contributed by atoms with Gasteiger partial charge in [0.05, 0.1) is 12.8 Å². The van der Waals surface area contributed by atoms with E-state index < -0.39 is 0 Å². The van der Waals surface area contributed by atoms with Crippen LogP contribution >= 0.6 is 0 Å². The van der Waals surface area contributed by atoms with Gasteiger partial charge in [0.2, 0.25) is 0 Å². The second-order valence-corrected chi connectivity index (χ2v) is 5.01. The summed E-state index contributed by atoms with van der Waals surface area (Å²) in [6.07, 6.45) is 1.72. The highest BCUT2D eigenvalue weighted by Crippen LogP contribution is 2.15. The zero-order valence-corrected chi connectivity index (χ0v) is 11.7. The summed E-state index contributed by atoms with van der Waals surface area (Å²) in [6.45, 7) is 7.52. The molecule has 3 heteroatoms. The van der Waals surface area contributed by atoms with Gasteiger partial charge in [-0.15, -0.1) is 0 Å². The molecule has 0 aliphatic rings. The van der Waals surface area contributed by atoms with Crippen LogP contribution in [0.2, 0.25) is 0 Å². The number of nitrogens with zero attached hydrogens (tertiary/aromatic N) is 1. The highest BCUT2D eigenvalue weighted by atomic mass is 16.3. The Balaban J connectivity index is 2.09. The third kappa shape index (κ3) is 3.94. The van der Waals surface area contributed by atoms with Crippen LogP contribution in [-0.2, 0) is 13.1 Å². The maximum absolute atomic E-state index is 5.71. The van der Waals surface area contributed by atoms with Crippen LogP contribution in [-0.4, -0.2) is 18.0 Å². The van der Waals surface area contributed by atoms with E-state index in [4.69, 9.17) is 10.2 Å². The van der Waals surface area contributed by atoms with E-state index in [0.717, 1.165) is 25.4 Å². The molecule has 0 atom stereocenters. The van der Waals surface area contributed by atoms with Crippen molar-refractivity contribution in [3.63, 3.8) is 0 Å². The molecule has 1 aromatic carbocycles. The van der Waals surface area contributed by atoms with Crippen LogP contribution in [0.25, 0.3) is 0 Å². The van der Waals surface area contributed by atoms with Crippen molar-refractivity contribution in [2.75, 3.05) is 13.1 Å². The first-order chi connectivity index (χ1) is 9.19. The van der Waals surface area contributed by atoms with Gasteiger partial charge in [-0.05, 0) is 37.1 Å². The number of furan rings is 1. The Labute approximate surface area is 115 Å². The molecule has 0 spiro atoms. The summed E-state index contributed by atoms with van der Waals surface area (Å²) in [5, 5.41) is 0. The Hall–Kier alpha value is -1.58. The first kappa shape index (κ1) is 13.8. The van der Waals surface area contributed by atoms with Crippen molar-refractivity contribution in [2.45, 2.75) is 26.9 Å². The third-order valence-electron chi connectivity index (χ3n) is 3.30. The van der Waals surface area contributed by atoms with Crippen LogP contribution in [0, 0.1) is 13.8 Å². The van der Waals surface area contributed by atoms with E-state index in [1.54, 1.807) is 6.26 Å². The normalized spacial score (nSPS) is 11.2. The lowest BCUT2D eigenvalue weighted by molar-refractivity contribution is 0.241. The molecule has 0 amide bonds. The maximum Gasteiger partial charge on any atom is 0.117 e. The number of aryl methyl sites for hydroxylation is 2. The summed E-state index contributed by atoms with van der Waals surface area (Å²) < 4.78 is 5.42. The fourth-order valence-corrected chi connectivity index (χ4v) is 2.23. The van der Waals surface area contributed by atoms with E-state index in [-0.39, 0.29) is 0 Å². The molecule has 2 N–H and O–H groups in total. The van der Waals surface area contributed by atoms with Gasteiger partial charge in [0, 0.05) is 19.6 Å². The first-order valence-electron chi connectivity index (χ1n) is 6.70. The molecule has 0 aliphatic heterocycles. The molecule has 1 aromatic heterocycles. The number of nitrogens with two attached hydrogens (primary N) is 1. The molecule has 0 aliphatic carbocycles. The summed E-state index contributed by atoms with van der Waals surface area (Å²) in [4.78, 5) is 2.32. The lowest BCUT2D eigenvalue weighted by Gasteiger charge is -2.21. The molecule has 102 valence electrons. The minimum absolute atomic E-state index is 0.658. The lowest BCUT2D eigenvalue weighted by atomic mass is 10.1. The average molecular weight is 258 g/mol. The Morgan fingerprint density at radius 2 is 2.00 bits per heavy atom. The molecule has 2 aromatic rings. The van der Waals surface area contributed by atoms with Crippen molar-refractivity contribution in [2.24, 2.45) is 5.73 Å². The van der Waals surface area contributed by atoms with Crippen LogP contribution in [0.1, 0.15) is 22.5 Å². The summed E-state index contributed by atoms with van der Waals surface area (Å²) in [7, 11) is 0. The zero-order chi connectivity index (χ0) is 13.7. The fraction of sp³-hybridized carbons (Fsp3) is 0.375. The molecule has 0 unspecified atom stereocenters. The van der Waals surface area contributed by atoms with Crippen molar-refractivity contribution in [1.82, 2.24) is 4.90 Å². The van der Waals surface area contributed by atoms with Crippen molar-refractivity contribution in [3.8, 4) is 0 Å². The highest BCUT2D eigenvalue weighted by molar-refractivity contribution is 5.30. The average Bonchev–Trinajstić information content (AvgIpc) is 2.87. The van der Waals surface area contributed by atoms with Gasteiger partial charge in [-0.2, -0.15) is 0 Å². The van der Waals surface area contributed by atoms with Gasteiger partial charge < -0.3 is 10.2 Å². The zero-order valence-electron chi connectivity index (χ0n) is 11.7. The number of hydrogen-bond donors (Lipinski definition) is 1. The van der Waals surface area contributed by atoms with Gasteiger partial charge >= 0.3 is 0 Å². The molecule has 19 heavy (non-hydrogen) atoms. The number of benzene rings is 1.